The van der Waals surface area contributed by atoms with Crippen LogP contribution in [0.3, 0.4) is 0 Å². The summed E-state index contributed by atoms with van der Waals surface area (Å²) in [5, 5.41) is 22.3. The molecule has 0 fully saturated rings. The zero-order chi connectivity index (χ0) is 21.1. The lowest BCUT2D eigenvalue weighted by Gasteiger charge is -2.13. The molecule has 1 aromatic heterocycles. The van der Waals surface area contributed by atoms with Gasteiger partial charge < -0.3 is 20.1 Å². The van der Waals surface area contributed by atoms with Crippen LogP contribution in [0.1, 0.15) is 20.7 Å². The lowest BCUT2D eigenvalue weighted by Crippen LogP contribution is -2.15. The van der Waals surface area contributed by atoms with Crippen LogP contribution in [0.15, 0.2) is 85.5 Å². The molecule has 0 saturated carbocycles. The van der Waals surface area contributed by atoms with Crippen molar-refractivity contribution in [2.45, 2.75) is 0 Å². The molecule has 0 spiro atoms. The number of carboxylic acid groups (broad SMARTS) is 1. The molecule has 0 bridgehead atoms. The number of aromatic hydroxyl groups is 1. The van der Waals surface area contributed by atoms with Crippen LogP contribution in [0.2, 0.25) is 0 Å². The number of phenols is 1. The van der Waals surface area contributed by atoms with Crippen molar-refractivity contribution in [2.75, 3.05) is 5.32 Å². The van der Waals surface area contributed by atoms with Crippen molar-refractivity contribution in [3.8, 4) is 22.6 Å². The fourth-order valence-electron chi connectivity index (χ4n) is 3.11. The van der Waals surface area contributed by atoms with E-state index in [1.807, 2.05) is 30.3 Å². The minimum absolute atomic E-state index is 0.0163. The summed E-state index contributed by atoms with van der Waals surface area (Å²) < 4.78 is 1.69. The van der Waals surface area contributed by atoms with Crippen molar-refractivity contribution < 1.29 is 19.8 Å². The second-order valence-electron chi connectivity index (χ2n) is 6.56. The van der Waals surface area contributed by atoms with Gasteiger partial charge in [-0.2, -0.15) is 0 Å². The molecule has 1 amide bonds. The van der Waals surface area contributed by atoms with Crippen LogP contribution in [-0.4, -0.2) is 31.6 Å². The number of imidazole rings is 1. The molecule has 3 N–H and O–H groups in total. The average Bonchev–Trinajstić information content (AvgIpc) is 3.29. The maximum Gasteiger partial charge on any atom is 0.337 e. The molecule has 0 atom stereocenters. The number of amides is 1. The highest BCUT2D eigenvalue weighted by Gasteiger charge is 2.18. The lowest BCUT2D eigenvalue weighted by atomic mass is 10.0. The minimum atomic E-state index is -1.17. The second-order valence-corrected chi connectivity index (χ2v) is 6.56. The lowest BCUT2D eigenvalue weighted by molar-refractivity contribution is 0.0698. The van der Waals surface area contributed by atoms with E-state index in [1.165, 1.54) is 18.2 Å². The zero-order valence-electron chi connectivity index (χ0n) is 15.7. The number of hydrogen-bond donors (Lipinski definition) is 3. The summed E-state index contributed by atoms with van der Waals surface area (Å²) in [5.74, 6) is -2.00. The molecule has 0 saturated heterocycles. The maximum absolute atomic E-state index is 12.9. The summed E-state index contributed by atoms with van der Waals surface area (Å²) in [6.45, 7) is 0. The van der Waals surface area contributed by atoms with E-state index in [2.05, 4.69) is 10.3 Å². The van der Waals surface area contributed by atoms with E-state index >= 15 is 0 Å². The van der Waals surface area contributed by atoms with Gasteiger partial charge in [-0.25, -0.2) is 9.78 Å². The molecule has 1 heterocycles. The smallest absolute Gasteiger partial charge is 0.337 e. The number of benzene rings is 3. The van der Waals surface area contributed by atoms with Gasteiger partial charge in [-0.1, -0.05) is 36.4 Å². The molecule has 7 nitrogen and oxygen atoms in total. The molecular weight excluding hydrogens is 382 g/mol. The highest BCUT2D eigenvalue weighted by Crippen LogP contribution is 2.28. The Balaban J connectivity index is 1.71. The van der Waals surface area contributed by atoms with Gasteiger partial charge in [0.15, 0.2) is 0 Å². The van der Waals surface area contributed by atoms with Gasteiger partial charge in [-0.05, 0) is 41.5 Å². The number of nitrogens with one attached hydrogen (secondary N) is 1. The SMILES string of the molecule is O=C(Nc1cc(-c2ccccc2)ccc1C(=O)O)c1cc(-n2ccnc2)ccc1O. The number of aromatic carboxylic acids is 1. The van der Waals surface area contributed by atoms with Crippen LogP contribution in [-0.2, 0) is 0 Å². The first kappa shape index (κ1) is 18.9. The highest BCUT2D eigenvalue weighted by atomic mass is 16.4. The molecule has 0 aliphatic carbocycles. The number of nitrogens with zero attached hydrogens (tertiary/aromatic N) is 2. The van der Waals surface area contributed by atoms with Crippen molar-refractivity contribution in [3.63, 3.8) is 0 Å². The van der Waals surface area contributed by atoms with E-state index in [0.717, 1.165) is 11.1 Å². The van der Waals surface area contributed by atoms with Crippen molar-refractivity contribution >= 4 is 17.6 Å². The Labute approximate surface area is 171 Å². The monoisotopic (exact) mass is 399 g/mol. The van der Waals surface area contributed by atoms with Crippen molar-refractivity contribution in [3.05, 3.63) is 96.6 Å². The molecule has 0 aliphatic heterocycles. The molecule has 4 aromatic rings. The summed E-state index contributed by atoms with van der Waals surface area (Å²) >= 11 is 0. The van der Waals surface area contributed by atoms with Gasteiger partial charge in [-0.3, -0.25) is 4.79 Å². The third-order valence-corrected chi connectivity index (χ3v) is 4.63. The Morgan fingerprint density at radius 3 is 2.40 bits per heavy atom. The number of anilines is 1. The largest absolute Gasteiger partial charge is 0.507 e. The first-order valence-electron chi connectivity index (χ1n) is 9.08. The Morgan fingerprint density at radius 1 is 0.900 bits per heavy atom. The van der Waals surface area contributed by atoms with Gasteiger partial charge in [0, 0.05) is 18.1 Å². The van der Waals surface area contributed by atoms with Crippen molar-refractivity contribution in [1.29, 1.82) is 0 Å². The minimum Gasteiger partial charge on any atom is -0.507 e. The second kappa shape index (κ2) is 7.92. The Kier molecular flexibility index (Phi) is 5.00. The third kappa shape index (κ3) is 3.77. The molecule has 4 rings (SSSR count). The summed E-state index contributed by atoms with van der Waals surface area (Å²) in [6.07, 6.45) is 4.88. The molecular formula is C23H17N3O4. The van der Waals surface area contributed by atoms with Crippen LogP contribution in [0, 0.1) is 0 Å². The topological polar surface area (TPSA) is 104 Å². The Morgan fingerprint density at radius 2 is 1.70 bits per heavy atom. The quantitative estimate of drug-likeness (QED) is 0.467. The maximum atomic E-state index is 12.9. The molecule has 3 aromatic carbocycles. The molecule has 148 valence electrons. The average molecular weight is 399 g/mol. The normalized spacial score (nSPS) is 10.5. The predicted octanol–water partition coefficient (Wildman–Crippen LogP) is 4.20. The van der Waals surface area contributed by atoms with E-state index in [9.17, 15) is 19.8 Å². The number of carbonyl (C=O) groups excluding carboxylic acids is 1. The van der Waals surface area contributed by atoms with Crippen LogP contribution in [0.4, 0.5) is 5.69 Å². The number of rotatable bonds is 5. The summed E-state index contributed by atoms with van der Waals surface area (Å²) in [6, 6.07) is 18.7. The zero-order valence-corrected chi connectivity index (χ0v) is 15.7. The predicted molar refractivity (Wildman–Crippen MR) is 112 cm³/mol. The van der Waals surface area contributed by atoms with Crippen LogP contribution < -0.4 is 5.32 Å². The van der Waals surface area contributed by atoms with E-state index < -0.39 is 11.9 Å². The van der Waals surface area contributed by atoms with Crippen molar-refractivity contribution in [1.82, 2.24) is 9.55 Å². The van der Waals surface area contributed by atoms with Crippen molar-refractivity contribution in [2.24, 2.45) is 0 Å². The third-order valence-electron chi connectivity index (χ3n) is 4.63. The molecule has 0 aliphatic rings. The van der Waals surface area contributed by atoms with E-state index in [0.29, 0.717) is 5.69 Å². The first-order valence-corrected chi connectivity index (χ1v) is 9.08. The van der Waals surface area contributed by atoms with Gasteiger partial charge in [-0.15, -0.1) is 0 Å². The molecule has 7 heteroatoms. The van der Waals surface area contributed by atoms with E-state index in [4.69, 9.17) is 0 Å². The number of aromatic nitrogens is 2. The van der Waals surface area contributed by atoms with Gasteiger partial charge in [0.25, 0.3) is 5.91 Å². The van der Waals surface area contributed by atoms with Gasteiger partial charge in [0.2, 0.25) is 0 Å². The molecule has 0 radical (unpaired) electrons. The van der Waals surface area contributed by atoms with Gasteiger partial charge >= 0.3 is 5.97 Å². The van der Waals surface area contributed by atoms with Crippen LogP contribution >= 0.6 is 0 Å². The summed E-state index contributed by atoms with van der Waals surface area (Å²) in [4.78, 5) is 28.5. The van der Waals surface area contributed by atoms with Gasteiger partial charge in [0.05, 0.1) is 23.1 Å². The fraction of sp³-hybridized carbons (Fsp3) is 0. The van der Waals surface area contributed by atoms with E-state index in [1.54, 1.807) is 41.5 Å². The van der Waals surface area contributed by atoms with Crippen LogP contribution in [0.5, 0.6) is 5.75 Å². The highest BCUT2D eigenvalue weighted by molar-refractivity contribution is 6.09. The molecule has 30 heavy (non-hydrogen) atoms. The number of hydrogen-bond acceptors (Lipinski definition) is 4. The standard InChI is InChI=1S/C23H17N3O4/c27-21-9-7-17(26-11-10-24-14-26)13-19(21)22(28)25-20-12-16(6-8-18(20)23(29)30)15-4-2-1-3-5-15/h1-14,27H,(H,25,28)(H,29,30). The summed E-state index contributed by atoms with van der Waals surface area (Å²) in [7, 11) is 0. The molecule has 0 unspecified atom stereocenters. The number of carbonyl (C=O) groups is 2. The van der Waals surface area contributed by atoms with Gasteiger partial charge in [0.1, 0.15) is 5.75 Å². The first-order chi connectivity index (χ1) is 14.5. The number of carboxylic acids is 1. The fourth-order valence-corrected chi connectivity index (χ4v) is 3.11. The van der Waals surface area contributed by atoms with Crippen LogP contribution in [0.25, 0.3) is 16.8 Å². The number of phenolic OH excluding ortho intramolecular Hbond substituents is 1. The summed E-state index contributed by atoms with van der Waals surface area (Å²) in [5.41, 5.74) is 2.38. The Hall–Kier alpha value is -4.39. The van der Waals surface area contributed by atoms with E-state index in [-0.39, 0.29) is 22.6 Å². The Bertz CT molecular complexity index is 1220.